The number of rotatable bonds is 5. The maximum Gasteiger partial charge on any atom is 0.303 e. The minimum Gasteiger partial charge on any atom is -0.460 e. The number of aliphatic hydroxyl groups is 1. The van der Waals surface area contributed by atoms with E-state index in [1.54, 1.807) is 18.1 Å². The zero-order valence-corrected chi connectivity index (χ0v) is 19.8. The first-order valence-electron chi connectivity index (χ1n) is 12.3. The average Bonchev–Trinajstić information content (AvgIpc) is 3.03. The molecule has 0 radical (unpaired) electrons. The zero-order valence-electron chi connectivity index (χ0n) is 19.8. The van der Waals surface area contributed by atoms with Gasteiger partial charge in [-0.3, -0.25) is 4.79 Å². The molecule has 0 unspecified atom stereocenters. The second-order valence-corrected chi connectivity index (χ2v) is 11.6. The van der Waals surface area contributed by atoms with Crippen molar-refractivity contribution in [2.24, 2.45) is 34.5 Å². The highest BCUT2D eigenvalue weighted by molar-refractivity contribution is 5.66. The van der Waals surface area contributed by atoms with Gasteiger partial charge in [0.15, 0.2) is 0 Å². The smallest absolute Gasteiger partial charge is 0.303 e. The Balaban J connectivity index is 1.56. The molecule has 4 aliphatic carbocycles. The molecule has 168 valence electrons. The molecule has 30 heavy (non-hydrogen) atoms. The van der Waals surface area contributed by atoms with Crippen LogP contribution in [0, 0.1) is 34.5 Å². The first kappa shape index (κ1) is 22.1. The quantitative estimate of drug-likeness (QED) is 0.429. The van der Waals surface area contributed by atoms with Crippen LogP contribution < -0.4 is 0 Å². The fraction of sp³-hybridized carbons (Fsp3) is 0.815. The van der Waals surface area contributed by atoms with Crippen LogP contribution in [0.25, 0.3) is 0 Å². The van der Waals surface area contributed by atoms with E-state index in [2.05, 4.69) is 39.8 Å². The van der Waals surface area contributed by atoms with Gasteiger partial charge in [0.25, 0.3) is 0 Å². The Labute approximate surface area is 183 Å². The standard InChI is InChI=1S/C27H42O3/c1-18(7-6-16-28)22-10-11-23-21-9-8-20-17-25(3,30-19(2)29)14-15-26(20,4)24(21)12-13-27(22,23)5/h10,12,18,20-21,23,28H,6-9,11,13-17H2,1-5H3/t18-,20-,21+,23+,25+,26+,27-/m1/s1. The summed E-state index contributed by atoms with van der Waals surface area (Å²) in [4.78, 5) is 11.6. The van der Waals surface area contributed by atoms with E-state index in [-0.39, 0.29) is 17.0 Å². The van der Waals surface area contributed by atoms with Crippen molar-refractivity contribution in [1.29, 1.82) is 0 Å². The molecular weight excluding hydrogens is 372 g/mol. The molecule has 3 nitrogen and oxygen atoms in total. The minimum absolute atomic E-state index is 0.137. The van der Waals surface area contributed by atoms with Gasteiger partial charge < -0.3 is 9.84 Å². The molecular formula is C27H42O3. The molecule has 0 aliphatic heterocycles. The van der Waals surface area contributed by atoms with Gasteiger partial charge in [-0.2, -0.15) is 0 Å². The Hall–Kier alpha value is -1.09. The molecule has 0 heterocycles. The highest BCUT2D eigenvalue weighted by Gasteiger charge is 2.57. The third-order valence-electron chi connectivity index (χ3n) is 9.66. The first-order valence-corrected chi connectivity index (χ1v) is 12.3. The monoisotopic (exact) mass is 414 g/mol. The van der Waals surface area contributed by atoms with Gasteiger partial charge in [0.05, 0.1) is 0 Å². The summed E-state index contributed by atoms with van der Waals surface area (Å²) in [7, 11) is 0. The summed E-state index contributed by atoms with van der Waals surface area (Å²) in [5, 5.41) is 9.28. The number of allylic oxidation sites excluding steroid dienone is 4. The molecule has 0 aromatic heterocycles. The van der Waals surface area contributed by atoms with Gasteiger partial charge in [-0.05, 0) is 99.2 Å². The van der Waals surface area contributed by atoms with Crippen LogP contribution in [0.2, 0.25) is 0 Å². The number of hydrogen-bond acceptors (Lipinski definition) is 3. The van der Waals surface area contributed by atoms with Crippen LogP contribution in [0.4, 0.5) is 0 Å². The van der Waals surface area contributed by atoms with E-state index in [1.807, 2.05) is 0 Å². The van der Waals surface area contributed by atoms with Gasteiger partial charge in [0.1, 0.15) is 5.60 Å². The summed E-state index contributed by atoms with van der Waals surface area (Å²) < 4.78 is 5.78. The molecule has 0 spiro atoms. The van der Waals surface area contributed by atoms with Gasteiger partial charge in [0.2, 0.25) is 0 Å². The Kier molecular flexibility index (Phi) is 5.75. The van der Waals surface area contributed by atoms with E-state index in [0.717, 1.165) is 38.0 Å². The third kappa shape index (κ3) is 3.49. The van der Waals surface area contributed by atoms with Crippen molar-refractivity contribution in [3.05, 3.63) is 23.3 Å². The van der Waals surface area contributed by atoms with Crippen LogP contribution in [0.1, 0.15) is 92.4 Å². The fourth-order valence-corrected chi connectivity index (χ4v) is 8.06. The van der Waals surface area contributed by atoms with Gasteiger partial charge in [-0.25, -0.2) is 0 Å². The van der Waals surface area contributed by atoms with E-state index in [4.69, 9.17) is 4.74 Å². The van der Waals surface area contributed by atoms with Gasteiger partial charge in [-0.1, -0.05) is 44.1 Å². The molecule has 0 aromatic carbocycles. The van der Waals surface area contributed by atoms with Crippen LogP contribution >= 0.6 is 0 Å². The molecule has 7 atom stereocenters. The van der Waals surface area contributed by atoms with Crippen LogP contribution in [0.15, 0.2) is 23.3 Å². The molecule has 3 heteroatoms. The summed E-state index contributed by atoms with van der Waals surface area (Å²) >= 11 is 0. The minimum atomic E-state index is -0.281. The number of ether oxygens (including phenoxy) is 1. The summed E-state index contributed by atoms with van der Waals surface area (Å²) in [5.41, 5.74) is 3.69. The maximum atomic E-state index is 11.6. The number of esters is 1. The summed E-state index contributed by atoms with van der Waals surface area (Å²) in [6.45, 7) is 11.4. The molecule has 0 aromatic rings. The van der Waals surface area contributed by atoms with E-state index >= 15 is 0 Å². The van der Waals surface area contributed by atoms with E-state index in [9.17, 15) is 9.90 Å². The number of hydrogen-bond donors (Lipinski definition) is 1. The lowest BCUT2D eigenvalue weighted by Gasteiger charge is -2.58. The molecule has 4 aliphatic rings. The molecule has 2 fully saturated rings. The van der Waals surface area contributed by atoms with Crippen LogP contribution in [-0.4, -0.2) is 23.3 Å². The lowest BCUT2D eigenvalue weighted by molar-refractivity contribution is -0.165. The first-order chi connectivity index (χ1) is 14.1. The highest BCUT2D eigenvalue weighted by Crippen LogP contribution is 2.65. The van der Waals surface area contributed by atoms with Crippen molar-refractivity contribution < 1.29 is 14.6 Å². The van der Waals surface area contributed by atoms with E-state index in [0.29, 0.717) is 29.8 Å². The van der Waals surface area contributed by atoms with Crippen molar-refractivity contribution in [3.8, 4) is 0 Å². The Morgan fingerprint density at radius 3 is 2.67 bits per heavy atom. The molecule has 1 N–H and O–H groups in total. The Morgan fingerprint density at radius 1 is 1.20 bits per heavy atom. The SMILES string of the molecule is CC(=O)O[C@@]1(C)CC[C@]2(C)C3=CC[C@]4(C)C([C@H](C)CCCO)=CC[C@H]4[C@@H]3CC[C@@H]2C1. The molecule has 0 bridgehead atoms. The lowest BCUT2D eigenvalue weighted by Crippen LogP contribution is -2.51. The van der Waals surface area contributed by atoms with Crippen molar-refractivity contribution in [1.82, 2.24) is 0 Å². The highest BCUT2D eigenvalue weighted by atomic mass is 16.6. The van der Waals surface area contributed by atoms with Crippen LogP contribution in [-0.2, 0) is 9.53 Å². The average molecular weight is 415 g/mol. The topological polar surface area (TPSA) is 46.5 Å². The molecule has 0 saturated heterocycles. The van der Waals surface area contributed by atoms with Gasteiger partial charge in [-0.15, -0.1) is 0 Å². The number of carbonyl (C=O) groups is 1. The summed E-state index contributed by atoms with van der Waals surface area (Å²) in [6, 6.07) is 0. The summed E-state index contributed by atoms with van der Waals surface area (Å²) in [5.74, 6) is 2.51. The van der Waals surface area contributed by atoms with Crippen molar-refractivity contribution >= 4 is 5.97 Å². The Morgan fingerprint density at radius 2 is 1.97 bits per heavy atom. The van der Waals surface area contributed by atoms with Crippen LogP contribution in [0.3, 0.4) is 0 Å². The number of fused-ring (bicyclic) bond motifs is 5. The van der Waals surface area contributed by atoms with Gasteiger partial charge in [0, 0.05) is 13.5 Å². The second-order valence-electron chi connectivity index (χ2n) is 11.6. The Bertz CT molecular complexity index is 751. The molecule has 0 amide bonds. The fourth-order valence-electron chi connectivity index (χ4n) is 8.06. The van der Waals surface area contributed by atoms with E-state index < -0.39 is 0 Å². The number of aliphatic hydroxyl groups excluding tert-OH is 1. The van der Waals surface area contributed by atoms with Crippen molar-refractivity contribution in [3.63, 3.8) is 0 Å². The zero-order chi connectivity index (χ0) is 21.7. The lowest BCUT2D eigenvalue weighted by atomic mass is 9.47. The van der Waals surface area contributed by atoms with Crippen molar-refractivity contribution in [2.75, 3.05) is 6.61 Å². The predicted octanol–water partition coefficient (Wildman–Crippen LogP) is 6.22. The van der Waals surface area contributed by atoms with E-state index in [1.165, 1.54) is 25.7 Å². The van der Waals surface area contributed by atoms with Gasteiger partial charge >= 0.3 is 5.97 Å². The second kappa shape index (κ2) is 7.80. The molecule has 2 saturated carbocycles. The number of carbonyl (C=O) groups excluding carboxylic acids is 1. The third-order valence-corrected chi connectivity index (χ3v) is 9.66. The normalized spacial score (nSPS) is 43.6. The summed E-state index contributed by atoms with van der Waals surface area (Å²) in [6.07, 6.45) is 15.3. The van der Waals surface area contributed by atoms with Crippen LogP contribution in [0.5, 0.6) is 0 Å². The largest absolute Gasteiger partial charge is 0.460 e. The maximum absolute atomic E-state index is 11.6. The predicted molar refractivity (Wildman–Crippen MR) is 121 cm³/mol. The van der Waals surface area contributed by atoms with Crippen molar-refractivity contribution in [2.45, 2.75) is 98.0 Å². The molecule has 4 rings (SSSR count).